The van der Waals surface area contributed by atoms with Crippen LogP contribution in [0.25, 0.3) is 0 Å². The number of aryl methyl sites for hydroxylation is 1. The molecule has 0 spiro atoms. The number of carbonyl (C=O) groups excluding carboxylic acids is 2. The molecular formula is C13H17NO4. The molecule has 98 valence electrons. The number of amides is 1. The van der Waals surface area contributed by atoms with Gasteiger partial charge in [0.15, 0.2) is 6.61 Å². The van der Waals surface area contributed by atoms with Crippen LogP contribution in [0.5, 0.6) is 5.75 Å². The minimum absolute atomic E-state index is 0.0592. The number of aromatic hydroxyl groups is 1. The number of carbonyl (C=O) groups is 2. The molecule has 1 rings (SSSR count). The molecule has 0 atom stereocenters. The Hall–Kier alpha value is -2.04. The van der Waals surface area contributed by atoms with Gasteiger partial charge in [-0.1, -0.05) is 13.0 Å². The highest BCUT2D eigenvalue weighted by atomic mass is 16.5. The normalized spacial score (nSPS) is 9.89. The molecule has 0 bridgehead atoms. The lowest BCUT2D eigenvalue weighted by Crippen LogP contribution is -2.29. The van der Waals surface area contributed by atoms with Crippen molar-refractivity contribution in [3.8, 4) is 5.75 Å². The number of hydrogen-bond acceptors (Lipinski definition) is 4. The van der Waals surface area contributed by atoms with E-state index in [9.17, 15) is 14.7 Å². The Balaban J connectivity index is 2.53. The fourth-order valence-corrected chi connectivity index (χ4v) is 1.34. The second kappa shape index (κ2) is 6.64. The van der Waals surface area contributed by atoms with Crippen molar-refractivity contribution < 1.29 is 19.4 Å². The molecule has 0 heterocycles. The maximum atomic E-state index is 11.6. The van der Waals surface area contributed by atoms with Gasteiger partial charge in [-0.25, -0.2) is 4.79 Å². The number of nitrogens with one attached hydrogen (secondary N) is 1. The lowest BCUT2D eigenvalue weighted by atomic mass is 10.1. The predicted molar refractivity (Wildman–Crippen MR) is 66.4 cm³/mol. The first-order chi connectivity index (χ1) is 8.54. The highest BCUT2D eigenvalue weighted by Crippen LogP contribution is 2.19. The molecule has 5 nitrogen and oxygen atoms in total. The highest BCUT2D eigenvalue weighted by Gasteiger charge is 2.13. The zero-order valence-corrected chi connectivity index (χ0v) is 10.5. The summed E-state index contributed by atoms with van der Waals surface area (Å²) in [7, 11) is 0. The summed E-state index contributed by atoms with van der Waals surface area (Å²) < 4.78 is 4.80. The van der Waals surface area contributed by atoms with Crippen LogP contribution in [-0.2, 0) is 9.53 Å². The number of phenolic OH excluding ortho intramolecular Hbond substituents is 1. The van der Waals surface area contributed by atoms with Crippen LogP contribution in [0.1, 0.15) is 29.3 Å². The number of rotatable bonds is 5. The molecule has 0 aliphatic carbocycles. The van der Waals surface area contributed by atoms with Crippen molar-refractivity contribution in [1.82, 2.24) is 5.32 Å². The molecule has 18 heavy (non-hydrogen) atoms. The molecule has 0 aromatic heterocycles. The van der Waals surface area contributed by atoms with Crippen LogP contribution < -0.4 is 5.32 Å². The van der Waals surface area contributed by atoms with Crippen molar-refractivity contribution in [2.45, 2.75) is 20.3 Å². The van der Waals surface area contributed by atoms with Gasteiger partial charge in [-0.15, -0.1) is 0 Å². The van der Waals surface area contributed by atoms with Crippen LogP contribution in [0.2, 0.25) is 0 Å². The standard InChI is InChI=1S/C13H17NO4/c1-3-6-14-12(16)8-18-13(17)10-5-4-9(2)7-11(10)15/h4-5,7,15H,3,6,8H2,1-2H3,(H,14,16). The van der Waals surface area contributed by atoms with Crippen molar-refractivity contribution in [3.63, 3.8) is 0 Å². The number of hydrogen-bond donors (Lipinski definition) is 2. The lowest BCUT2D eigenvalue weighted by molar-refractivity contribution is -0.124. The Labute approximate surface area is 106 Å². The maximum absolute atomic E-state index is 11.6. The van der Waals surface area contributed by atoms with E-state index in [4.69, 9.17) is 4.74 Å². The van der Waals surface area contributed by atoms with Crippen LogP contribution in [0.15, 0.2) is 18.2 Å². The summed E-state index contributed by atoms with van der Waals surface area (Å²) >= 11 is 0. The Morgan fingerprint density at radius 3 is 2.72 bits per heavy atom. The summed E-state index contributed by atoms with van der Waals surface area (Å²) in [6.45, 7) is 3.93. The molecule has 0 saturated carbocycles. The van der Waals surface area contributed by atoms with E-state index in [2.05, 4.69) is 5.32 Å². The number of esters is 1. The zero-order valence-electron chi connectivity index (χ0n) is 10.5. The first-order valence-electron chi connectivity index (χ1n) is 5.78. The van der Waals surface area contributed by atoms with E-state index in [-0.39, 0.29) is 23.8 Å². The van der Waals surface area contributed by atoms with Crippen molar-refractivity contribution in [1.29, 1.82) is 0 Å². The number of phenols is 1. The average molecular weight is 251 g/mol. The average Bonchev–Trinajstić information content (AvgIpc) is 2.33. The van der Waals surface area contributed by atoms with Crippen LogP contribution in [0.4, 0.5) is 0 Å². The van der Waals surface area contributed by atoms with Gasteiger partial charge in [-0.3, -0.25) is 4.79 Å². The number of ether oxygens (including phenoxy) is 1. The fourth-order valence-electron chi connectivity index (χ4n) is 1.34. The second-order valence-electron chi connectivity index (χ2n) is 3.95. The number of benzene rings is 1. The third kappa shape index (κ3) is 4.08. The Morgan fingerprint density at radius 2 is 2.11 bits per heavy atom. The Kier molecular flexibility index (Phi) is 5.17. The molecule has 0 unspecified atom stereocenters. The van der Waals surface area contributed by atoms with Crippen molar-refractivity contribution in [3.05, 3.63) is 29.3 Å². The molecule has 0 radical (unpaired) electrons. The molecule has 0 aliphatic rings. The van der Waals surface area contributed by atoms with E-state index in [1.54, 1.807) is 13.0 Å². The van der Waals surface area contributed by atoms with E-state index < -0.39 is 5.97 Å². The van der Waals surface area contributed by atoms with Crippen molar-refractivity contribution in [2.75, 3.05) is 13.2 Å². The first-order valence-corrected chi connectivity index (χ1v) is 5.78. The highest BCUT2D eigenvalue weighted by molar-refractivity contribution is 5.93. The topological polar surface area (TPSA) is 75.6 Å². The van der Waals surface area contributed by atoms with E-state index in [0.29, 0.717) is 6.54 Å². The van der Waals surface area contributed by atoms with E-state index in [1.165, 1.54) is 12.1 Å². The molecule has 0 saturated heterocycles. The van der Waals surface area contributed by atoms with Gasteiger partial charge >= 0.3 is 5.97 Å². The van der Waals surface area contributed by atoms with Gasteiger partial charge in [0.25, 0.3) is 5.91 Å². The maximum Gasteiger partial charge on any atom is 0.342 e. The zero-order chi connectivity index (χ0) is 13.5. The quantitative estimate of drug-likeness (QED) is 0.775. The summed E-state index contributed by atoms with van der Waals surface area (Å²) in [5.41, 5.74) is 0.897. The molecule has 1 aromatic carbocycles. The van der Waals surface area contributed by atoms with Crippen LogP contribution in [0.3, 0.4) is 0 Å². The monoisotopic (exact) mass is 251 g/mol. The third-order valence-corrected chi connectivity index (χ3v) is 2.28. The van der Waals surface area contributed by atoms with Gasteiger partial charge in [0.05, 0.1) is 0 Å². The van der Waals surface area contributed by atoms with Gasteiger partial charge < -0.3 is 15.2 Å². The van der Waals surface area contributed by atoms with E-state index in [1.807, 2.05) is 6.92 Å². The Morgan fingerprint density at radius 1 is 1.39 bits per heavy atom. The molecule has 1 aromatic rings. The third-order valence-electron chi connectivity index (χ3n) is 2.28. The van der Waals surface area contributed by atoms with E-state index >= 15 is 0 Å². The van der Waals surface area contributed by atoms with Crippen molar-refractivity contribution >= 4 is 11.9 Å². The molecule has 0 fully saturated rings. The summed E-state index contributed by atoms with van der Waals surface area (Å²) in [4.78, 5) is 22.8. The summed E-state index contributed by atoms with van der Waals surface area (Å²) in [5, 5.41) is 12.2. The summed E-state index contributed by atoms with van der Waals surface area (Å²) in [6.07, 6.45) is 0.818. The van der Waals surface area contributed by atoms with Crippen LogP contribution in [0, 0.1) is 6.92 Å². The van der Waals surface area contributed by atoms with Gasteiger partial charge in [0.2, 0.25) is 0 Å². The summed E-state index contributed by atoms with van der Waals surface area (Å²) in [6, 6.07) is 4.62. The molecule has 0 aliphatic heterocycles. The van der Waals surface area contributed by atoms with Crippen LogP contribution >= 0.6 is 0 Å². The predicted octanol–water partition coefficient (Wildman–Crippen LogP) is 1.38. The minimum Gasteiger partial charge on any atom is -0.507 e. The van der Waals surface area contributed by atoms with Gasteiger partial charge in [0.1, 0.15) is 11.3 Å². The minimum atomic E-state index is -0.709. The smallest absolute Gasteiger partial charge is 0.342 e. The van der Waals surface area contributed by atoms with Gasteiger partial charge in [-0.2, -0.15) is 0 Å². The SMILES string of the molecule is CCCNC(=O)COC(=O)c1ccc(C)cc1O. The summed E-state index contributed by atoms with van der Waals surface area (Å²) in [5.74, 6) is -1.20. The second-order valence-corrected chi connectivity index (χ2v) is 3.95. The van der Waals surface area contributed by atoms with Gasteiger partial charge in [-0.05, 0) is 31.0 Å². The molecule has 1 amide bonds. The molecule has 5 heteroatoms. The van der Waals surface area contributed by atoms with Gasteiger partial charge in [0, 0.05) is 6.54 Å². The molecular weight excluding hydrogens is 234 g/mol. The lowest BCUT2D eigenvalue weighted by Gasteiger charge is -2.07. The largest absolute Gasteiger partial charge is 0.507 e. The molecule has 2 N–H and O–H groups in total. The van der Waals surface area contributed by atoms with Crippen molar-refractivity contribution in [2.24, 2.45) is 0 Å². The fraction of sp³-hybridized carbons (Fsp3) is 0.385. The first kappa shape index (κ1) is 14.0. The Bertz CT molecular complexity index is 443. The van der Waals surface area contributed by atoms with Crippen LogP contribution in [-0.4, -0.2) is 30.1 Å². The van der Waals surface area contributed by atoms with E-state index in [0.717, 1.165) is 12.0 Å².